The summed E-state index contributed by atoms with van der Waals surface area (Å²) < 4.78 is 1.78. The van der Waals surface area contributed by atoms with Crippen LogP contribution in [0.4, 0.5) is 0 Å². The van der Waals surface area contributed by atoms with Crippen LogP contribution >= 0.6 is 11.3 Å². The molecule has 1 N–H and O–H groups in total. The number of hydrogen-bond donors (Lipinski definition) is 1. The molecule has 0 radical (unpaired) electrons. The van der Waals surface area contributed by atoms with Gasteiger partial charge in [0, 0.05) is 34.6 Å². The van der Waals surface area contributed by atoms with E-state index >= 15 is 0 Å². The molecule has 1 aliphatic rings. The number of pyridine rings is 1. The molecule has 0 amide bonds. The Kier molecular flexibility index (Phi) is 5.32. The molecular weight excluding hydrogens is 456 g/mol. The van der Waals surface area contributed by atoms with E-state index in [0.29, 0.717) is 15.9 Å². The van der Waals surface area contributed by atoms with Gasteiger partial charge in [-0.05, 0) is 61.6 Å². The van der Waals surface area contributed by atoms with Gasteiger partial charge in [-0.15, -0.1) is 11.3 Å². The highest BCUT2D eigenvalue weighted by Crippen LogP contribution is 2.34. The van der Waals surface area contributed by atoms with E-state index in [0.717, 1.165) is 48.1 Å². The van der Waals surface area contributed by atoms with Gasteiger partial charge in [0.1, 0.15) is 16.6 Å². The number of thiophene rings is 1. The Hall–Kier alpha value is -4.35. The summed E-state index contributed by atoms with van der Waals surface area (Å²) >= 11 is 1.57. The molecule has 0 saturated carbocycles. The summed E-state index contributed by atoms with van der Waals surface area (Å²) in [5.41, 5.74) is 4.45. The van der Waals surface area contributed by atoms with Crippen molar-refractivity contribution in [2.75, 3.05) is 0 Å². The van der Waals surface area contributed by atoms with Crippen LogP contribution in [0.3, 0.4) is 0 Å². The topological polar surface area (TPSA) is 100 Å². The van der Waals surface area contributed by atoms with Crippen molar-refractivity contribution in [2.45, 2.75) is 25.7 Å². The highest BCUT2D eigenvalue weighted by molar-refractivity contribution is 7.18. The lowest BCUT2D eigenvalue weighted by molar-refractivity contribution is 0.700. The maximum absolute atomic E-state index is 13.0. The Balaban J connectivity index is 1.50. The molecule has 4 aromatic heterocycles. The van der Waals surface area contributed by atoms with Crippen molar-refractivity contribution in [2.24, 2.45) is 0 Å². The first-order chi connectivity index (χ1) is 17.2. The molecule has 0 spiro atoms. The number of H-pyrrole nitrogens is 1. The number of nitriles is 1. The zero-order chi connectivity index (χ0) is 23.8. The normalized spacial score (nSPS) is 13.5. The third-order valence-electron chi connectivity index (χ3n) is 6.22. The summed E-state index contributed by atoms with van der Waals surface area (Å²) in [6.45, 7) is 0. The molecule has 0 saturated heterocycles. The van der Waals surface area contributed by atoms with Crippen LogP contribution in [0.5, 0.6) is 0 Å². The number of aryl methyl sites for hydroxylation is 2. The van der Waals surface area contributed by atoms with Gasteiger partial charge < -0.3 is 4.98 Å². The molecule has 1 aromatic carbocycles. The number of aromatic amines is 1. The molecule has 0 atom stereocenters. The zero-order valence-corrected chi connectivity index (χ0v) is 19.5. The lowest BCUT2D eigenvalue weighted by Crippen LogP contribution is -2.12. The summed E-state index contributed by atoms with van der Waals surface area (Å²) in [7, 11) is 0. The van der Waals surface area contributed by atoms with E-state index in [9.17, 15) is 10.1 Å². The smallest absolute Gasteiger partial charge is 0.260 e. The molecule has 4 heterocycles. The van der Waals surface area contributed by atoms with Gasteiger partial charge in [-0.1, -0.05) is 18.2 Å². The van der Waals surface area contributed by atoms with Gasteiger partial charge in [0.2, 0.25) is 0 Å². The number of nitrogens with one attached hydrogen (secondary N) is 1. The van der Waals surface area contributed by atoms with Gasteiger partial charge in [-0.25, -0.2) is 9.67 Å². The van der Waals surface area contributed by atoms with Crippen LogP contribution in [0.25, 0.3) is 38.8 Å². The van der Waals surface area contributed by atoms with Crippen LogP contribution in [0.1, 0.15) is 34.7 Å². The van der Waals surface area contributed by atoms with Crippen molar-refractivity contribution >= 4 is 33.2 Å². The van der Waals surface area contributed by atoms with Crippen molar-refractivity contribution in [1.82, 2.24) is 24.7 Å². The van der Waals surface area contributed by atoms with Crippen molar-refractivity contribution in [3.05, 3.63) is 93.2 Å². The first-order valence-electron chi connectivity index (χ1n) is 11.4. The fraction of sp³-hybridized carbons (Fsp3) is 0.148. The molecule has 1 aliphatic carbocycles. The molecule has 35 heavy (non-hydrogen) atoms. The predicted molar refractivity (Wildman–Crippen MR) is 137 cm³/mol. The number of hydrogen-bond acceptors (Lipinski definition) is 6. The van der Waals surface area contributed by atoms with E-state index in [1.54, 1.807) is 34.5 Å². The number of rotatable bonds is 4. The third kappa shape index (κ3) is 3.86. The summed E-state index contributed by atoms with van der Waals surface area (Å²) in [6.07, 6.45) is 11.2. The largest absolute Gasteiger partial charge is 0.305 e. The monoisotopic (exact) mass is 476 g/mol. The minimum absolute atomic E-state index is 0.181. The van der Waals surface area contributed by atoms with Crippen LogP contribution in [-0.2, 0) is 12.8 Å². The molecule has 0 unspecified atom stereocenters. The molecule has 0 aliphatic heterocycles. The molecule has 6 rings (SSSR count). The van der Waals surface area contributed by atoms with E-state index in [-0.39, 0.29) is 17.0 Å². The van der Waals surface area contributed by atoms with Crippen molar-refractivity contribution in [1.29, 1.82) is 5.26 Å². The average molecular weight is 477 g/mol. The van der Waals surface area contributed by atoms with E-state index in [1.165, 1.54) is 4.88 Å². The summed E-state index contributed by atoms with van der Waals surface area (Å²) in [5.74, 6) is 0.275. The molecule has 7 nitrogen and oxygen atoms in total. The first kappa shape index (κ1) is 21.2. The van der Waals surface area contributed by atoms with Crippen LogP contribution in [-0.4, -0.2) is 24.7 Å². The number of fused-ring (bicyclic) bond motifs is 3. The number of benzene rings is 1. The summed E-state index contributed by atoms with van der Waals surface area (Å²) in [5, 5.41) is 15.5. The van der Waals surface area contributed by atoms with E-state index in [1.807, 2.05) is 48.7 Å². The van der Waals surface area contributed by atoms with Gasteiger partial charge in [0.15, 0.2) is 5.82 Å². The van der Waals surface area contributed by atoms with Gasteiger partial charge >= 0.3 is 0 Å². The van der Waals surface area contributed by atoms with Gasteiger partial charge in [0.25, 0.3) is 5.56 Å². The van der Waals surface area contributed by atoms with Gasteiger partial charge in [0.05, 0.1) is 16.6 Å². The van der Waals surface area contributed by atoms with E-state index in [4.69, 9.17) is 10.1 Å². The lowest BCUT2D eigenvalue weighted by atomic mass is 9.97. The van der Waals surface area contributed by atoms with E-state index in [2.05, 4.69) is 16.0 Å². The highest BCUT2D eigenvalue weighted by atomic mass is 32.1. The Bertz CT molecular complexity index is 1670. The molecule has 8 heteroatoms. The quantitative estimate of drug-likeness (QED) is 0.361. The fourth-order valence-corrected chi connectivity index (χ4v) is 5.80. The predicted octanol–water partition coefficient (Wildman–Crippen LogP) is 5.18. The minimum atomic E-state index is -0.181. The second-order valence-corrected chi connectivity index (χ2v) is 9.51. The highest BCUT2D eigenvalue weighted by Gasteiger charge is 2.21. The lowest BCUT2D eigenvalue weighted by Gasteiger charge is -2.09. The van der Waals surface area contributed by atoms with Crippen molar-refractivity contribution < 1.29 is 0 Å². The van der Waals surface area contributed by atoms with Crippen LogP contribution in [0, 0.1) is 11.3 Å². The first-order valence-corrected chi connectivity index (χ1v) is 12.2. The number of para-hydroxylation sites is 1. The van der Waals surface area contributed by atoms with E-state index < -0.39 is 0 Å². The molecule has 5 aromatic rings. The number of allylic oxidation sites excluding steroid dienone is 1. The fourth-order valence-electron chi connectivity index (χ4n) is 4.54. The maximum atomic E-state index is 13.0. The number of nitrogens with zero attached hydrogens (tertiary/aromatic N) is 5. The van der Waals surface area contributed by atoms with Crippen LogP contribution in [0.15, 0.2) is 65.8 Å². The SMILES string of the molecule is N#C/C(=C\c1cn(-c2ccccc2)nc1-c1ccncc1)c1nc2sc3c(c2c(=O)[nH]1)CCCC3. The summed E-state index contributed by atoms with van der Waals surface area (Å²) in [6, 6.07) is 15.8. The second kappa shape index (κ2) is 8.78. The van der Waals surface area contributed by atoms with Crippen LogP contribution < -0.4 is 5.56 Å². The summed E-state index contributed by atoms with van der Waals surface area (Å²) in [4.78, 5) is 26.7. The molecule has 0 fully saturated rings. The van der Waals surface area contributed by atoms with Crippen LogP contribution in [0.2, 0.25) is 0 Å². The Morgan fingerprint density at radius 2 is 1.91 bits per heavy atom. The van der Waals surface area contributed by atoms with Gasteiger partial charge in [-0.2, -0.15) is 10.4 Å². The maximum Gasteiger partial charge on any atom is 0.260 e. The zero-order valence-electron chi connectivity index (χ0n) is 18.7. The molecular formula is C27H20N6OS. The Labute approximate surface area is 205 Å². The average Bonchev–Trinajstić information content (AvgIpc) is 3.50. The minimum Gasteiger partial charge on any atom is -0.305 e. The standard InChI is InChI=1S/C27H20N6OS/c28-15-18(25-30-26(34)23-21-8-4-5-9-22(21)35-27(23)31-25)14-19-16-33(20-6-2-1-3-7-20)32-24(19)17-10-12-29-13-11-17/h1-3,6-7,10-14,16H,4-5,8-9H2,(H,30,31,34)/b18-14+. The third-order valence-corrected chi connectivity index (χ3v) is 7.40. The van der Waals surface area contributed by atoms with Crippen molar-refractivity contribution in [3.63, 3.8) is 0 Å². The Morgan fingerprint density at radius 3 is 2.71 bits per heavy atom. The Morgan fingerprint density at radius 1 is 1.11 bits per heavy atom. The van der Waals surface area contributed by atoms with Gasteiger partial charge in [-0.3, -0.25) is 9.78 Å². The molecule has 170 valence electrons. The molecule has 0 bridgehead atoms. The second-order valence-electron chi connectivity index (χ2n) is 8.42. The van der Waals surface area contributed by atoms with Crippen molar-refractivity contribution in [3.8, 4) is 23.0 Å². The number of aromatic nitrogens is 5.